The molecule has 2 atom stereocenters. The highest BCUT2D eigenvalue weighted by atomic mass is 19.1. The first kappa shape index (κ1) is 26.2. The van der Waals surface area contributed by atoms with Crippen molar-refractivity contribution in [3.63, 3.8) is 0 Å². The number of Topliss-reactive ketones (excluding diaryl/α,β-unsaturated/α-hetero) is 1. The Hall–Kier alpha value is -3.85. The maximum absolute atomic E-state index is 13.8. The van der Waals surface area contributed by atoms with Crippen LogP contribution >= 0.6 is 0 Å². The zero-order chi connectivity index (χ0) is 27.0. The number of ketones is 1. The van der Waals surface area contributed by atoms with Crippen LogP contribution in [0.25, 0.3) is 10.9 Å². The number of carbonyl (C=O) groups is 4. The molecular formula is C28H31FN4O4. The van der Waals surface area contributed by atoms with Gasteiger partial charge in [-0.05, 0) is 49.7 Å². The first-order valence-corrected chi connectivity index (χ1v) is 12.2. The molecule has 9 heteroatoms. The molecule has 1 aliphatic heterocycles. The summed E-state index contributed by atoms with van der Waals surface area (Å²) in [4.78, 5) is 56.3. The van der Waals surface area contributed by atoms with E-state index >= 15 is 0 Å². The average Bonchev–Trinajstić information content (AvgIpc) is 3.25. The molecule has 0 unspecified atom stereocenters. The van der Waals surface area contributed by atoms with Crippen molar-refractivity contribution in [1.29, 1.82) is 0 Å². The Kier molecular flexibility index (Phi) is 7.27. The van der Waals surface area contributed by atoms with Gasteiger partial charge in [-0.3, -0.25) is 28.6 Å². The zero-order valence-electron chi connectivity index (χ0n) is 21.7. The molecule has 4 rings (SSSR count). The molecule has 0 N–H and O–H groups in total. The monoisotopic (exact) mass is 506 g/mol. The Morgan fingerprint density at radius 2 is 1.65 bits per heavy atom. The smallest absolute Gasteiger partial charge is 0.294 e. The van der Waals surface area contributed by atoms with E-state index in [1.165, 1.54) is 60.9 Å². The topological polar surface area (TPSA) is 82.9 Å². The molecule has 3 aromatic rings. The van der Waals surface area contributed by atoms with Gasteiger partial charge in [0.15, 0.2) is 0 Å². The third-order valence-electron chi connectivity index (χ3n) is 6.91. The van der Waals surface area contributed by atoms with Crippen molar-refractivity contribution >= 4 is 34.4 Å². The fourth-order valence-electron chi connectivity index (χ4n) is 4.81. The van der Waals surface area contributed by atoms with Crippen LogP contribution in [0.3, 0.4) is 0 Å². The number of hydrogen-bond acceptors (Lipinski definition) is 5. The van der Waals surface area contributed by atoms with E-state index < -0.39 is 11.7 Å². The highest BCUT2D eigenvalue weighted by molar-refractivity contribution is 6.43. The van der Waals surface area contributed by atoms with Crippen LogP contribution in [0.2, 0.25) is 0 Å². The number of fused-ring (bicyclic) bond motifs is 1. The Morgan fingerprint density at radius 3 is 2.27 bits per heavy atom. The van der Waals surface area contributed by atoms with E-state index in [2.05, 4.69) is 4.90 Å². The SMILES string of the molecule is CC(=O)n1cc(C(=O)N2C[C@H](C)N(Cc3ccc(F)cc3)C[C@H]2C)c2cc(C(=O)C(=O)N(C)C)ccc21. The number of benzene rings is 2. The summed E-state index contributed by atoms with van der Waals surface area (Å²) in [6.07, 6.45) is 1.51. The van der Waals surface area contributed by atoms with Crippen LogP contribution < -0.4 is 0 Å². The lowest BCUT2D eigenvalue weighted by Gasteiger charge is -2.44. The molecule has 2 heterocycles. The fourth-order valence-corrected chi connectivity index (χ4v) is 4.81. The first-order chi connectivity index (χ1) is 17.5. The normalized spacial score (nSPS) is 18.2. The van der Waals surface area contributed by atoms with Gasteiger partial charge in [0, 0.05) is 69.9 Å². The van der Waals surface area contributed by atoms with Crippen molar-refractivity contribution in [3.8, 4) is 0 Å². The Morgan fingerprint density at radius 1 is 0.973 bits per heavy atom. The quantitative estimate of drug-likeness (QED) is 0.391. The second-order valence-corrected chi connectivity index (χ2v) is 9.90. The van der Waals surface area contributed by atoms with Crippen molar-refractivity contribution < 1.29 is 23.6 Å². The van der Waals surface area contributed by atoms with E-state index in [0.717, 1.165) is 5.56 Å². The maximum atomic E-state index is 13.8. The number of carbonyl (C=O) groups excluding carboxylic acids is 4. The summed E-state index contributed by atoms with van der Waals surface area (Å²) in [5, 5.41) is 0.450. The minimum absolute atomic E-state index is 0.0428. The van der Waals surface area contributed by atoms with Gasteiger partial charge in [-0.25, -0.2) is 4.39 Å². The van der Waals surface area contributed by atoms with Gasteiger partial charge in [0.05, 0.1) is 11.1 Å². The Labute approximate surface area is 215 Å². The summed E-state index contributed by atoms with van der Waals surface area (Å²) in [6.45, 7) is 7.14. The molecule has 1 aromatic heterocycles. The number of likely N-dealkylation sites (N-methyl/N-ethyl adjacent to an activating group) is 1. The zero-order valence-corrected chi connectivity index (χ0v) is 21.7. The van der Waals surface area contributed by atoms with Crippen molar-refractivity contribution in [2.24, 2.45) is 0 Å². The molecule has 1 aliphatic rings. The molecule has 8 nitrogen and oxygen atoms in total. The minimum Gasteiger partial charge on any atom is -0.342 e. The van der Waals surface area contributed by atoms with Crippen LogP contribution in [0.5, 0.6) is 0 Å². The molecule has 2 amide bonds. The van der Waals surface area contributed by atoms with Gasteiger partial charge in [0.1, 0.15) is 5.82 Å². The van der Waals surface area contributed by atoms with Gasteiger partial charge in [-0.1, -0.05) is 12.1 Å². The number of rotatable bonds is 5. The number of nitrogens with zero attached hydrogens (tertiary/aromatic N) is 4. The van der Waals surface area contributed by atoms with Crippen molar-refractivity contribution in [1.82, 2.24) is 19.3 Å². The lowest BCUT2D eigenvalue weighted by Crippen LogP contribution is -2.57. The molecular weight excluding hydrogens is 475 g/mol. The van der Waals surface area contributed by atoms with Gasteiger partial charge in [0.25, 0.3) is 11.8 Å². The van der Waals surface area contributed by atoms with Crippen LogP contribution in [-0.4, -0.2) is 82.0 Å². The number of piperazine rings is 1. The van der Waals surface area contributed by atoms with E-state index in [1.807, 2.05) is 13.8 Å². The van der Waals surface area contributed by atoms with Crippen LogP contribution in [-0.2, 0) is 11.3 Å². The highest BCUT2D eigenvalue weighted by Crippen LogP contribution is 2.27. The summed E-state index contributed by atoms with van der Waals surface area (Å²) < 4.78 is 14.7. The van der Waals surface area contributed by atoms with Crippen molar-refractivity contribution in [3.05, 3.63) is 71.2 Å². The largest absolute Gasteiger partial charge is 0.342 e. The molecule has 0 aliphatic carbocycles. The Balaban J connectivity index is 1.64. The third-order valence-corrected chi connectivity index (χ3v) is 6.91. The predicted octanol–water partition coefficient (Wildman–Crippen LogP) is 3.45. The van der Waals surface area contributed by atoms with E-state index in [4.69, 9.17) is 0 Å². The number of hydrogen-bond donors (Lipinski definition) is 0. The van der Waals surface area contributed by atoms with E-state index in [9.17, 15) is 23.6 Å². The van der Waals surface area contributed by atoms with Gasteiger partial charge in [-0.15, -0.1) is 0 Å². The summed E-state index contributed by atoms with van der Waals surface area (Å²) in [7, 11) is 3.00. The maximum Gasteiger partial charge on any atom is 0.294 e. The molecule has 1 saturated heterocycles. The summed E-state index contributed by atoms with van der Waals surface area (Å²) in [5.74, 6) is -2.14. The lowest BCUT2D eigenvalue weighted by molar-refractivity contribution is -0.124. The van der Waals surface area contributed by atoms with Gasteiger partial charge in [-0.2, -0.15) is 0 Å². The molecule has 0 spiro atoms. The van der Waals surface area contributed by atoms with Crippen molar-refractivity contribution in [2.45, 2.75) is 39.4 Å². The van der Waals surface area contributed by atoms with Gasteiger partial charge < -0.3 is 9.80 Å². The molecule has 194 valence electrons. The average molecular weight is 507 g/mol. The molecule has 0 saturated carbocycles. The number of halogens is 1. The first-order valence-electron chi connectivity index (χ1n) is 12.2. The van der Waals surface area contributed by atoms with Crippen molar-refractivity contribution in [2.75, 3.05) is 27.2 Å². The van der Waals surface area contributed by atoms with Crippen LogP contribution in [0.15, 0.2) is 48.7 Å². The summed E-state index contributed by atoms with van der Waals surface area (Å²) in [6, 6.07) is 10.9. The fraction of sp³-hybridized carbons (Fsp3) is 0.357. The highest BCUT2D eigenvalue weighted by Gasteiger charge is 2.34. The van der Waals surface area contributed by atoms with E-state index in [-0.39, 0.29) is 35.3 Å². The van der Waals surface area contributed by atoms with Crippen LogP contribution in [0, 0.1) is 5.82 Å². The summed E-state index contributed by atoms with van der Waals surface area (Å²) >= 11 is 0. The van der Waals surface area contributed by atoms with Gasteiger partial charge in [0.2, 0.25) is 11.7 Å². The Bertz CT molecular complexity index is 1380. The second kappa shape index (κ2) is 10.3. The predicted molar refractivity (Wildman–Crippen MR) is 138 cm³/mol. The van der Waals surface area contributed by atoms with Gasteiger partial charge >= 0.3 is 0 Å². The molecule has 0 bridgehead atoms. The second-order valence-electron chi connectivity index (χ2n) is 9.90. The molecule has 0 radical (unpaired) electrons. The van der Waals surface area contributed by atoms with E-state index in [0.29, 0.717) is 36.1 Å². The number of aromatic nitrogens is 1. The van der Waals surface area contributed by atoms with Crippen LogP contribution in [0.4, 0.5) is 4.39 Å². The lowest BCUT2D eigenvalue weighted by atomic mass is 10.0. The molecule has 2 aromatic carbocycles. The van der Waals surface area contributed by atoms with Crippen LogP contribution in [0.1, 0.15) is 51.8 Å². The standard InChI is InChI=1S/C28H31FN4O4/c1-17-14-32(18(2)13-31(17)15-20-6-9-22(29)10-7-20)27(36)24-16-33(19(3)34)25-11-8-21(12-23(24)25)26(35)28(37)30(4)5/h6-12,16-18H,13-15H2,1-5H3/t17-,18+/m0/s1. The summed E-state index contributed by atoms with van der Waals surface area (Å²) in [5.41, 5.74) is 1.96. The molecule has 37 heavy (non-hydrogen) atoms. The van der Waals surface area contributed by atoms with E-state index in [1.54, 1.807) is 23.1 Å². The number of amides is 2. The minimum atomic E-state index is -0.683. The third kappa shape index (κ3) is 5.17. The molecule has 1 fully saturated rings.